The van der Waals surface area contributed by atoms with Crippen LogP contribution in [0.15, 0.2) is 28.8 Å². The molecule has 0 atom stereocenters. The fourth-order valence-electron chi connectivity index (χ4n) is 1.48. The number of carboxylic acids is 1. The smallest absolute Gasteiger partial charge is 0.328 e. The second kappa shape index (κ2) is 5.75. The maximum atomic E-state index is 11.5. The van der Waals surface area contributed by atoms with E-state index in [2.05, 4.69) is 21.2 Å². The lowest BCUT2D eigenvalue weighted by Gasteiger charge is -2.19. The molecule has 2 N–H and O–H groups in total. The number of hydrogen-bond donors (Lipinski definition) is 2. The van der Waals surface area contributed by atoms with E-state index in [1.54, 1.807) is 12.1 Å². The van der Waals surface area contributed by atoms with Gasteiger partial charge in [-0.15, -0.1) is 0 Å². The Balaban J connectivity index is 2.16. The molecule has 100 valence electrons. The topological polar surface area (TPSA) is 84.9 Å². The summed E-state index contributed by atoms with van der Waals surface area (Å²) in [5, 5.41) is 11.0. The average Bonchev–Trinajstić information content (AvgIpc) is 2.37. The number of rotatable bonds is 3. The van der Waals surface area contributed by atoms with Crippen LogP contribution >= 0.6 is 15.9 Å². The van der Waals surface area contributed by atoms with Gasteiger partial charge in [0.2, 0.25) is 5.91 Å². The first-order valence-electron chi connectivity index (χ1n) is 5.37. The number of nitrogens with one attached hydrogen (secondary N) is 1. The first-order chi connectivity index (χ1) is 9.06. The van der Waals surface area contributed by atoms with Gasteiger partial charge in [0.25, 0.3) is 0 Å². The molecule has 1 heterocycles. The highest BCUT2D eigenvalue weighted by Crippen LogP contribution is 2.38. The van der Waals surface area contributed by atoms with Crippen molar-refractivity contribution in [1.82, 2.24) is 0 Å². The van der Waals surface area contributed by atoms with Crippen LogP contribution in [0.2, 0.25) is 0 Å². The summed E-state index contributed by atoms with van der Waals surface area (Å²) in [5.41, 5.74) is 0.476. The Morgan fingerprint density at radius 1 is 1.21 bits per heavy atom. The maximum absolute atomic E-state index is 11.5. The zero-order valence-electron chi connectivity index (χ0n) is 9.68. The number of amides is 1. The van der Waals surface area contributed by atoms with Gasteiger partial charge in [-0.1, -0.05) is 0 Å². The third kappa shape index (κ3) is 3.47. The zero-order chi connectivity index (χ0) is 13.8. The second-order valence-corrected chi connectivity index (χ2v) is 4.49. The Labute approximate surface area is 117 Å². The van der Waals surface area contributed by atoms with Crippen molar-refractivity contribution < 1.29 is 24.2 Å². The third-order valence-electron chi connectivity index (χ3n) is 2.27. The molecule has 2 rings (SSSR count). The van der Waals surface area contributed by atoms with E-state index in [1.807, 2.05) is 0 Å². The summed E-state index contributed by atoms with van der Waals surface area (Å²) < 4.78 is 11.4. The molecule has 0 bridgehead atoms. The highest BCUT2D eigenvalue weighted by Gasteiger charge is 2.15. The van der Waals surface area contributed by atoms with E-state index in [9.17, 15) is 9.59 Å². The molecule has 1 aliphatic heterocycles. The van der Waals surface area contributed by atoms with Crippen molar-refractivity contribution in [2.24, 2.45) is 0 Å². The summed E-state index contributed by atoms with van der Waals surface area (Å²) in [6.45, 7) is 0.924. The summed E-state index contributed by atoms with van der Waals surface area (Å²) >= 11 is 3.29. The fraction of sp³-hybridized carbons (Fsp3) is 0.167. The minimum absolute atomic E-state index is 0.445. The molecule has 0 aromatic heterocycles. The van der Waals surface area contributed by atoms with Crippen LogP contribution in [0.3, 0.4) is 0 Å². The van der Waals surface area contributed by atoms with Crippen molar-refractivity contribution >= 4 is 33.5 Å². The van der Waals surface area contributed by atoms with Crippen LogP contribution in [0, 0.1) is 0 Å². The van der Waals surface area contributed by atoms with Gasteiger partial charge in [0.1, 0.15) is 13.2 Å². The number of benzene rings is 1. The van der Waals surface area contributed by atoms with E-state index >= 15 is 0 Å². The van der Waals surface area contributed by atoms with E-state index in [0.717, 1.165) is 12.2 Å². The number of hydrogen-bond acceptors (Lipinski definition) is 4. The summed E-state index contributed by atoms with van der Waals surface area (Å²) in [5.74, 6) is -0.597. The predicted molar refractivity (Wildman–Crippen MR) is 70.5 cm³/mol. The van der Waals surface area contributed by atoms with Crippen molar-refractivity contribution in [3.63, 3.8) is 0 Å². The molecule has 1 aromatic rings. The second-order valence-electron chi connectivity index (χ2n) is 3.64. The number of halogens is 1. The summed E-state index contributed by atoms with van der Waals surface area (Å²) in [6, 6.07) is 3.30. The van der Waals surface area contributed by atoms with Crippen molar-refractivity contribution in [2.75, 3.05) is 18.5 Å². The van der Waals surface area contributed by atoms with Gasteiger partial charge in [-0.2, -0.15) is 0 Å². The van der Waals surface area contributed by atoms with E-state index in [-0.39, 0.29) is 0 Å². The van der Waals surface area contributed by atoms with E-state index in [0.29, 0.717) is 34.9 Å². The van der Waals surface area contributed by atoms with Crippen LogP contribution in [-0.2, 0) is 9.59 Å². The van der Waals surface area contributed by atoms with Crippen LogP contribution in [0.4, 0.5) is 5.69 Å². The molecule has 7 heteroatoms. The maximum Gasteiger partial charge on any atom is 0.328 e. The molecular formula is C12H10BrNO5. The fourth-order valence-corrected chi connectivity index (χ4v) is 1.90. The van der Waals surface area contributed by atoms with Crippen molar-refractivity contribution in [3.8, 4) is 11.5 Å². The minimum atomic E-state index is -1.18. The van der Waals surface area contributed by atoms with Gasteiger partial charge in [-0.05, 0) is 15.9 Å². The van der Waals surface area contributed by atoms with Crippen molar-refractivity contribution in [1.29, 1.82) is 0 Å². The molecule has 1 amide bonds. The van der Waals surface area contributed by atoms with Crippen molar-refractivity contribution in [2.45, 2.75) is 0 Å². The molecule has 0 radical (unpaired) electrons. The SMILES string of the molecule is O=C(O)/C=C/C(=O)Nc1cc2c(cc1Br)OCCO2. The van der Waals surface area contributed by atoms with Crippen LogP contribution < -0.4 is 14.8 Å². The molecule has 0 spiro atoms. The van der Waals surface area contributed by atoms with Gasteiger partial charge in [-0.3, -0.25) is 4.79 Å². The lowest BCUT2D eigenvalue weighted by atomic mass is 10.2. The van der Waals surface area contributed by atoms with Gasteiger partial charge in [0, 0.05) is 28.8 Å². The molecule has 0 unspecified atom stereocenters. The lowest BCUT2D eigenvalue weighted by Crippen LogP contribution is -2.16. The summed E-state index contributed by atoms with van der Waals surface area (Å²) in [4.78, 5) is 21.8. The summed E-state index contributed by atoms with van der Waals surface area (Å²) in [7, 11) is 0. The highest BCUT2D eigenvalue weighted by molar-refractivity contribution is 9.10. The highest BCUT2D eigenvalue weighted by atomic mass is 79.9. The normalized spacial score (nSPS) is 13.3. The molecule has 1 aliphatic rings. The standard InChI is InChI=1S/C12H10BrNO5/c13-7-5-9-10(19-4-3-18-9)6-8(7)14-11(15)1-2-12(16)17/h1-2,5-6H,3-4H2,(H,14,15)(H,16,17)/b2-1+. The first kappa shape index (κ1) is 13.4. The molecule has 0 saturated carbocycles. The molecule has 19 heavy (non-hydrogen) atoms. The van der Waals surface area contributed by atoms with Crippen LogP contribution in [0.25, 0.3) is 0 Å². The largest absolute Gasteiger partial charge is 0.486 e. The quantitative estimate of drug-likeness (QED) is 0.827. The van der Waals surface area contributed by atoms with Crippen LogP contribution in [0.5, 0.6) is 11.5 Å². The zero-order valence-corrected chi connectivity index (χ0v) is 11.3. The van der Waals surface area contributed by atoms with Gasteiger partial charge < -0.3 is 19.9 Å². The van der Waals surface area contributed by atoms with Crippen LogP contribution in [-0.4, -0.2) is 30.2 Å². The Kier molecular flexibility index (Phi) is 4.06. The number of ether oxygens (including phenoxy) is 2. The van der Waals surface area contributed by atoms with E-state index in [1.165, 1.54) is 0 Å². The minimum Gasteiger partial charge on any atom is -0.486 e. The lowest BCUT2D eigenvalue weighted by molar-refractivity contribution is -0.131. The monoisotopic (exact) mass is 327 g/mol. The third-order valence-corrected chi connectivity index (χ3v) is 2.92. The Hall–Kier alpha value is -2.02. The number of fused-ring (bicyclic) bond motifs is 1. The molecule has 0 aliphatic carbocycles. The summed E-state index contributed by atoms with van der Waals surface area (Å²) in [6.07, 6.45) is 1.70. The van der Waals surface area contributed by atoms with E-state index < -0.39 is 11.9 Å². The molecule has 6 nitrogen and oxygen atoms in total. The number of aliphatic carboxylic acids is 1. The van der Waals surface area contributed by atoms with Crippen LogP contribution in [0.1, 0.15) is 0 Å². The van der Waals surface area contributed by atoms with E-state index in [4.69, 9.17) is 14.6 Å². The molecule has 0 saturated heterocycles. The average molecular weight is 328 g/mol. The van der Waals surface area contributed by atoms with Gasteiger partial charge >= 0.3 is 5.97 Å². The number of carbonyl (C=O) groups is 2. The molecular weight excluding hydrogens is 318 g/mol. The predicted octanol–water partition coefficient (Wildman–Crippen LogP) is 1.80. The Morgan fingerprint density at radius 2 is 1.84 bits per heavy atom. The molecule has 0 fully saturated rings. The number of carbonyl (C=O) groups excluding carboxylic acids is 1. The first-order valence-corrected chi connectivity index (χ1v) is 6.16. The van der Waals surface area contributed by atoms with Gasteiger partial charge in [0.15, 0.2) is 11.5 Å². The Bertz CT molecular complexity index is 555. The van der Waals surface area contributed by atoms with Gasteiger partial charge in [0.05, 0.1) is 5.69 Å². The molecule has 1 aromatic carbocycles. The number of anilines is 1. The van der Waals surface area contributed by atoms with Crippen molar-refractivity contribution in [3.05, 3.63) is 28.8 Å². The Morgan fingerprint density at radius 3 is 2.47 bits per heavy atom. The number of carboxylic acid groups (broad SMARTS) is 1. The van der Waals surface area contributed by atoms with Gasteiger partial charge in [-0.25, -0.2) is 4.79 Å².